The summed E-state index contributed by atoms with van der Waals surface area (Å²) in [6.45, 7) is 7.45. The molecule has 0 saturated heterocycles. The number of carbonyl (C=O) groups excluding carboxylic acids is 1. The van der Waals surface area contributed by atoms with Crippen molar-refractivity contribution < 1.29 is 13.2 Å². The molecule has 6 nitrogen and oxygen atoms in total. The van der Waals surface area contributed by atoms with Crippen molar-refractivity contribution in [3.8, 4) is 0 Å². The number of hydrogen-bond donors (Lipinski definition) is 2. The van der Waals surface area contributed by atoms with Crippen molar-refractivity contribution in [1.29, 1.82) is 0 Å². The molecule has 3 N–H and O–H groups in total. The summed E-state index contributed by atoms with van der Waals surface area (Å²) >= 11 is 0. The quantitative estimate of drug-likeness (QED) is 0.707. The van der Waals surface area contributed by atoms with Crippen LogP contribution in [0.15, 0.2) is 47.4 Å². The highest BCUT2D eigenvalue weighted by atomic mass is 32.2. The van der Waals surface area contributed by atoms with Crippen molar-refractivity contribution in [2.45, 2.75) is 38.8 Å². The van der Waals surface area contributed by atoms with Gasteiger partial charge in [-0.2, -0.15) is 0 Å². The van der Waals surface area contributed by atoms with E-state index < -0.39 is 10.0 Å². The summed E-state index contributed by atoms with van der Waals surface area (Å²) in [7, 11) is -3.71. The van der Waals surface area contributed by atoms with Crippen LogP contribution >= 0.6 is 0 Å². The van der Waals surface area contributed by atoms with Gasteiger partial charge >= 0.3 is 0 Å². The van der Waals surface area contributed by atoms with Crippen LogP contribution in [0.4, 0.5) is 0 Å². The maximum absolute atomic E-state index is 12.5. The molecule has 0 bridgehead atoms. The molecule has 2 aromatic carbocycles. The first-order chi connectivity index (χ1) is 12.7. The number of rotatable bonds is 5. The zero-order chi connectivity index (χ0) is 19.8. The zero-order valence-electron chi connectivity index (χ0n) is 15.6. The maximum atomic E-state index is 12.5. The number of nitrogens with two attached hydrogens (primary N) is 1. The second-order valence-electron chi connectivity index (χ2n) is 6.56. The number of benzene rings is 2. The fourth-order valence-electron chi connectivity index (χ4n) is 3.28. The molecule has 142 valence electrons. The Morgan fingerprint density at radius 3 is 2.37 bits per heavy atom. The Balaban J connectivity index is 1.77. The molecule has 3 rings (SSSR count). The minimum atomic E-state index is -3.71. The molecule has 1 heterocycles. The van der Waals surface area contributed by atoms with Crippen LogP contribution in [0.1, 0.15) is 34.1 Å². The SMILES string of the molecule is CCn1c(C)c(C)c2cc(C(=O)NCc3ccc(S(N)(=O)=O)cc3)ccc21. The van der Waals surface area contributed by atoms with E-state index in [9.17, 15) is 13.2 Å². The summed E-state index contributed by atoms with van der Waals surface area (Å²) in [5, 5.41) is 9.04. The normalized spacial score (nSPS) is 11.7. The van der Waals surface area contributed by atoms with E-state index in [-0.39, 0.29) is 10.8 Å². The third-order valence-electron chi connectivity index (χ3n) is 4.92. The number of carbonyl (C=O) groups is 1. The second kappa shape index (κ2) is 7.17. The average Bonchev–Trinajstić information content (AvgIpc) is 2.89. The first-order valence-corrected chi connectivity index (χ1v) is 10.3. The van der Waals surface area contributed by atoms with Crippen molar-refractivity contribution in [2.24, 2.45) is 5.14 Å². The van der Waals surface area contributed by atoms with Gasteiger partial charge in [-0.15, -0.1) is 0 Å². The van der Waals surface area contributed by atoms with E-state index in [0.717, 1.165) is 23.0 Å². The van der Waals surface area contributed by atoms with Crippen molar-refractivity contribution >= 4 is 26.8 Å². The lowest BCUT2D eigenvalue weighted by atomic mass is 10.1. The van der Waals surface area contributed by atoms with E-state index in [1.807, 2.05) is 18.2 Å². The first-order valence-electron chi connectivity index (χ1n) is 8.71. The molecular formula is C20H23N3O3S. The van der Waals surface area contributed by atoms with Gasteiger partial charge in [-0.1, -0.05) is 12.1 Å². The number of primary sulfonamides is 1. The fourth-order valence-corrected chi connectivity index (χ4v) is 3.80. The summed E-state index contributed by atoms with van der Waals surface area (Å²) in [5.74, 6) is -0.172. The number of aryl methyl sites for hydroxylation is 2. The van der Waals surface area contributed by atoms with Gasteiger partial charge in [0, 0.05) is 35.2 Å². The van der Waals surface area contributed by atoms with E-state index >= 15 is 0 Å². The lowest BCUT2D eigenvalue weighted by Gasteiger charge is -2.07. The monoisotopic (exact) mass is 385 g/mol. The van der Waals surface area contributed by atoms with Crippen LogP contribution in [-0.4, -0.2) is 18.9 Å². The first kappa shape index (κ1) is 19.1. The number of fused-ring (bicyclic) bond motifs is 1. The van der Waals surface area contributed by atoms with Crippen molar-refractivity contribution in [2.75, 3.05) is 0 Å². The van der Waals surface area contributed by atoms with Crippen LogP contribution in [0.5, 0.6) is 0 Å². The fraction of sp³-hybridized carbons (Fsp3) is 0.250. The highest BCUT2D eigenvalue weighted by Crippen LogP contribution is 2.26. The molecule has 0 saturated carbocycles. The Bertz CT molecular complexity index is 1110. The average molecular weight is 385 g/mol. The number of hydrogen-bond acceptors (Lipinski definition) is 3. The zero-order valence-corrected chi connectivity index (χ0v) is 16.4. The van der Waals surface area contributed by atoms with Crippen LogP contribution in [0.25, 0.3) is 10.9 Å². The lowest BCUT2D eigenvalue weighted by molar-refractivity contribution is 0.0951. The topological polar surface area (TPSA) is 94.2 Å². The van der Waals surface area contributed by atoms with E-state index in [0.29, 0.717) is 12.1 Å². The molecular weight excluding hydrogens is 362 g/mol. The molecule has 1 aromatic heterocycles. The highest BCUT2D eigenvalue weighted by Gasteiger charge is 2.13. The number of amides is 1. The smallest absolute Gasteiger partial charge is 0.251 e. The minimum absolute atomic E-state index is 0.0503. The largest absolute Gasteiger partial charge is 0.348 e. The lowest BCUT2D eigenvalue weighted by Crippen LogP contribution is -2.22. The van der Waals surface area contributed by atoms with Crippen molar-refractivity contribution in [3.63, 3.8) is 0 Å². The van der Waals surface area contributed by atoms with Gasteiger partial charge in [0.25, 0.3) is 5.91 Å². The van der Waals surface area contributed by atoms with E-state index in [1.54, 1.807) is 12.1 Å². The van der Waals surface area contributed by atoms with E-state index in [4.69, 9.17) is 5.14 Å². The van der Waals surface area contributed by atoms with Crippen LogP contribution in [0.2, 0.25) is 0 Å². The Hall–Kier alpha value is -2.64. The van der Waals surface area contributed by atoms with Gasteiger partial charge in [-0.25, -0.2) is 13.6 Å². The van der Waals surface area contributed by atoms with Gasteiger partial charge in [-0.05, 0) is 62.2 Å². The molecule has 0 unspecified atom stereocenters. The second-order valence-corrected chi connectivity index (χ2v) is 8.12. The molecule has 0 spiro atoms. The summed E-state index contributed by atoms with van der Waals surface area (Å²) in [4.78, 5) is 12.6. The molecule has 27 heavy (non-hydrogen) atoms. The Labute approximate surface area is 159 Å². The molecule has 0 atom stereocenters. The predicted molar refractivity (Wildman–Crippen MR) is 106 cm³/mol. The third-order valence-corrected chi connectivity index (χ3v) is 5.85. The van der Waals surface area contributed by atoms with Gasteiger partial charge in [0.05, 0.1) is 4.90 Å². The Kier molecular flexibility index (Phi) is 5.08. The van der Waals surface area contributed by atoms with Crippen LogP contribution < -0.4 is 10.5 Å². The molecule has 1 amide bonds. The molecule has 0 aliphatic carbocycles. The molecule has 0 aliphatic heterocycles. The molecule has 0 aliphatic rings. The minimum Gasteiger partial charge on any atom is -0.348 e. The van der Waals surface area contributed by atoms with Gasteiger partial charge in [0.2, 0.25) is 10.0 Å². The van der Waals surface area contributed by atoms with Gasteiger partial charge in [-0.3, -0.25) is 4.79 Å². The van der Waals surface area contributed by atoms with Crippen molar-refractivity contribution in [3.05, 3.63) is 64.8 Å². The molecule has 0 fully saturated rings. The predicted octanol–water partition coefficient (Wildman–Crippen LogP) is 2.86. The maximum Gasteiger partial charge on any atom is 0.251 e. The summed E-state index contributed by atoms with van der Waals surface area (Å²) < 4.78 is 24.8. The molecule has 3 aromatic rings. The highest BCUT2D eigenvalue weighted by molar-refractivity contribution is 7.89. The number of aromatic nitrogens is 1. The van der Waals surface area contributed by atoms with Crippen LogP contribution in [0.3, 0.4) is 0 Å². The van der Waals surface area contributed by atoms with E-state index in [1.165, 1.54) is 23.4 Å². The summed E-state index contributed by atoms with van der Waals surface area (Å²) in [5.41, 5.74) is 4.91. The summed E-state index contributed by atoms with van der Waals surface area (Å²) in [6, 6.07) is 11.9. The van der Waals surface area contributed by atoms with Gasteiger partial charge in [0.15, 0.2) is 0 Å². The van der Waals surface area contributed by atoms with Gasteiger partial charge in [0.1, 0.15) is 0 Å². The van der Waals surface area contributed by atoms with Crippen LogP contribution in [-0.2, 0) is 23.1 Å². The van der Waals surface area contributed by atoms with Crippen LogP contribution in [0, 0.1) is 13.8 Å². The number of sulfonamides is 1. The summed E-state index contributed by atoms with van der Waals surface area (Å²) in [6.07, 6.45) is 0. The van der Waals surface area contributed by atoms with Gasteiger partial charge < -0.3 is 9.88 Å². The van der Waals surface area contributed by atoms with E-state index in [2.05, 4.69) is 30.7 Å². The third kappa shape index (κ3) is 3.74. The Morgan fingerprint density at radius 2 is 1.78 bits per heavy atom. The molecule has 0 radical (unpaired) electrons. The molecule has 7 heteroatoms. The number of nitrogens with zero attached hydrogens (tertiary/aromatic N) is 1. The standard InChI is InChI=1S/C20H23N3O3S/c1-4-23-14(3)13(2)18-11-16(7-10-19(18)23)20(24)22-12-15-5-8-17(9-6-15)27(21,25)26/h5-11H,4,12H2,1-3H3,(H,22,24)(H2,21,25,26). The van der Waals surface area contributed by atoms with Crippen molar-refractivity contribution in [1.82, 2.24) is 9.88 Å². The number of nitrogens with one attached hydrogen (secondary N) is 1. The Morgan fingerprint density at radius 1 is 1.11 bits per heavy atom.